The number of pyridine rings is 1. The molecule has 2 aromatic carbocycles. The van der Waals surface area contributed by atoms with Gasteiger partial charge in [-0.1, -0.05) is 29.3 Å². The first-order chi connectivity index (χ1) is 16.6. The van der Waals surface area contributed by atoms with Gasteiger partial charge in [-0.3, -0.25) is 0 Å². The van der Waals surface area contributed by atoms with Crippen molar-refractivity contribution in [2.24, 2.45) is 0 Å². The summed E-state index contributed by atoms with van der Waals surface area (Å²) in [6.07, 6.45) is 2.09. The Morgan fingerprint density at radius 1 is 0.917 bits per heavy atom. The first-order valence-electron chi connectivity index (χ1n) is 9.59. The van der Waals surface area contributed by atoms with Crippen LogP contribution in [0.25, 0.3) is 4.85 Å². The quantitative estimate of drug-likeness (QED) is 0.374. The molecule has 0 bridgehead atoms. The van der Waals surface area contributed by atoms with Crippen molar-refractivity contribution in [2.45, 2.75) is 10.1 Å². The summed E-state index contributed by atoms with van der Waals surface area (Å²) in [5, 5.41) is -2.01. The van der Waals surface area contributed by atoms with Gasteiger partial charge in [0.25, 0.3) is 0 Å². The standard InChI is InChI=1S/C21H16Cl2FN3O6S3/c1-25-14-6-9-19(24)17(10-14)21(36(32,33)15-7-4-13(22)5-8-15)16-11-20(26-12-18(16)23)27(34(2,28)29)35(3,30)31/h4-12,21H,2-3H3. The number of rotatable bonds is 7. The van der Waals surface area contributed by atoms with E-state index in [0.29, 0.717) is 12.5 Å². The van der Waals surface area contributed by atoms with E-state index in [9.17, 15) is 25.3 Å². The number of anilines is 1. The number of hydrogen-bond acceptors (Lipinski definition) is 7. The Kier molecular flexibility index (Phi) is 7.69. The second-order valence-corrected chi connectivity index (χ2v) is 14.3. The van der Waals surface area contributed by atoms with Crippen LogP contribution in [0.1, 0.15) is 16.4 Å². The third-order valence-electron chi connectivity index (χ3n) is 4.79. The van der Waals surface area contributed by atoms with Crippen molar-refractivity contribution in [2.75, 3.05) is 16.2 Å². The van der Waals surface area contributed by atoms with E-state index in [1.807, 2.05) is 0 Å². The lowest BCUT2D eigenvalue weighted by Gasteiger charge is -2.24. The van der Waals surface area contributed by atoms with E-state index in [0.717, 1.165) is 30.5 Å². The molecule has 3 rings (SSSR count). The van der Waals surface area contributed by atoms with Crippen molar-refractivity contribution in [3.05, 3.63) is 93.1 Å². The Balaban J connectivity index is 2.43. The zero-order valence-electron chi connectivity index (χ0n) is 18.4. The van der Waals surface area contributed by atoms with Crippen molar-refractivity contribution >= 4 is 64.6 Å². The van der Waals surface area contributed by atoms with Crippen LogP contribution < -0.4 is 3.71 Å². The lowest BCUT2D eigenvalue weighted by atomic mass is 10.0. The van der Waals surface area contributed by atoms with E-state index in [2.05, 4.69) is 9.83 Å². The number of halogens is 3. The second kappa shape index (κ2) is 9.95. The minimum Gasteiger partial charge on any atom is -0.238 e. The lowest BCUT2D eigenvalue weighted by Crippen LogP contribution is -2.36. The molecule has 15 heteroatoms. The maximum atomic E-state index is 15.1. The number of sulfonamides is 2. The molecule has 0 saturated heterocycles. The fourth-order valence-corrected chi connectivity index (χ4v) is 8.47. The van der Waals surface area contributed by atoms with Crippen LogP contribution in [-0.4, -0.2) is 42.7 Å². The molecule has 0 radical (unpaired) electrons. The second-order valence-electron chi connectivity index (χ2n) is 7.48. The van der Waals surface area contributed by atoms with Crippen LogP contribution in [0.2, 0.25) is 10.0 Å². The van der Waals surface area contributed by atoms with Crippen molar-refractivity contribution in [3.63, 3.8) is 0 Å². The van der Waals surface area contributed by atoms with Gasteiger partial charge in [0.05, 0.1) is 29.0 Å². The van der Waals surface area contributed by atoms with Crippen LogP contribution >= 0.6 is 23.2 Å². The summed E-state index contributed by atoms with van der Waals surface area (Å²) >= 11 is 12.1. The summed E-state index contributed by atoms with van der Waals surface area (Å²) in [6.45, 7) is 7.23. The summed E-state index contributed by atoms with van der Waals surface area (Å²) in [7, 11) is -13.4. The van der Waals surface area contributed by atoms with Gasteiger partial charge >= 0.3 is 0 Å². The lowest BCUT2D eigenvalue weighted by molar-refractivity contribution is 0.578. The summed E-state index contributed by atoms with van der Waals surface area (Å²) < 4.78 is 91.7. The normalized spacial score (nSPS) is 13.1. The SMILES string of the molecule is [C-]#[N+]c1ccc(F)c(C(c2cc(N(S(C)(=O)=O)S(C)(=O)=O)ncc2Cl)S(=O)(=O)c2ccc(Cl)cc2)c1. The maximum absolute atomic E-state index is 15.1. The molecule has 0 amide bonds. The molecule has 0 saturated carbocycles. The van der Waals surface area contributed by atoms with Crippen LogP contribution in [0.15, 0.2) is 59.6 Å². The molecule has 3 aromatic rings. The average molecular weight is 592 g/mol. The first kappa shape index (κ1) is 27.8. The minimum absolute atomic E-state index is 0.00227. The van der Waals surface area contributed by atoms with Crippen LogP contribution in [0.3, 0.4) is 0 Å². The van der Waals surface area contributed by atoms with Crippen molar-refractivity contribution < 1.29 is 29.6 Å². The highest BCUT2D eigenvalue weighted by molar-refractivity contribution is 8.09. The van der Waals surface area contributed by atoms with E-state index in [-0.39, 0.29) is 29.9 Å². The Hall–Kier alpha value is -2.76. The van der Waals surface area contributed by atoms with E-state index < -0.39 is 52.3 Å². The van der Waals surface area contributed by atoms with Crippen LogP contribution in [0.5, 0.6) is 0 Å². The van der Waals surface area contributed by atoms with E-state index in [1.54, 1.807) is 0 Å². The smallest absolute Gasteiger partial charge is 0.238 e. The van der Waals surface area contributed by atoms with E-state index in [4.69, 9.17) is 29.8 Å². The molecule has 1 aromatic heterocycles. The molecular formula is C21H16Cl2FN3O6S3. The van der Waals surface area contributed by atoms with Crippen molar-refractivity contribution in [1.29, 1.82) is 0 Å². The van der Waals surface area contributed by atoms with Gasteiger partial charge in [-0.2, -0.15) is 0 Å². The molecule has 0 aliphatic heterocycles. The van der Waals surface area contributed by atoms with Crippen molar-refractivity contribution in [1.82, 2.24) is 4.98 Å². The number of benzene rings is 2. The van der Waals surface area contributed by atoms with Gasteiger partial charge in [0.2, 0.25) is 20.0 Å². The van der Waals surface area contributed by atoms with Gasteiger partial charge in [-0.15, -0.1) is 3.71 Å². The van der Waals surface area contributed by atoms with Gasteiger partial charge in [0.15, 0.2) is 21.3 Å². The minimum atomic E-state index is -4.54. The summed E-state index contributed by atoms with van der Waals surface area (Å²) in [5.41, 5.74) is -0.917. The summed E-state index contributed by atoms with van der Waals surface area (Å²) in [6, 6.07) is 8.86. The molecule has 0 fully saturated rings. The fourth-order valence-electron chi connectivity index (χ4n) is 3.39. The number of hydrogen-bond donors (Lipinski definition) is 0. The van der Waals surface area contributed by atoms with Gasteiger partial charge in [0.1, 0.15) is 11.1 Å². The Bertz CT molecular complexity index is 1670. The van der Waals surface area contributed by atoms with Gasteiger partial charge in [-0.05, 0) is 48.0 Å². The van der Waals surface area contributed by atoms with E-state index >= 15 is 4.39 Å². The zero-order valence-corrected chi connectivity index (χ0v) is 22.4. The molecular weight excluding hydrogens is 576 g/mol. The Morgan fingerprint density at radius 2 is 1.50 bits per heavy atom. The maximum Gasteiger partial charge on any atom is 0.246 e. The van der Waals surface area contributed by atoms with Gasteiger partial charge in [-0.25, -0.2) is 39.5 Å². The number of aromatic nitrogens is 1. The molecule has 0 N–H and O–H groups in total. The largest absolute Gasteiger partial charge is 0.246 e. The third-order valence-corrected chi connectivity index (χ3v) is 10.6. The molecule has 1 heterocycles. The molecule has 190 valence electrons. The van der Waals surface area contributed by atoms with Gasteiger partial charge in [0, 0.05) is 16.8 Å². The Labute approximate surface area is 218 Å². The molecule has 1 unspecified atom stereocenters. The van der Waals surface area contributed by atoms with E-state index in [1.165, 1.54) is 24.3 Å². The summed E-state index contributed by atoms with van der Waals surface area (Å²) in [5.74, 6) is -1.68. The predicted octanol–water partition coefficient (Wildman–Crippen LogP) is 4.37. The highest BCUT2D eigenvalue weighted by atomic mass is 35.5. The number of nitrogens with zero attached hydrogens (tertiary/aromatic N) is 3. The first-order valence-corrected chi connectivity index (χ1v) is 15.6. The topological polar surface area (TPSA) is 123 Å². The summed E-state index contributed by atoms with van der Waals surface area (Å²) in [4.78, 5) is 6.67. The molecule has 9 nitrogen and oxygen atoms in total. The van der Waals surface area contributed by atoms with Gasteiger partial charge < -0.3 is 0 Å². The molecule has 0 aliphatic rings. The highest BCUT2D eigenvalue weighted by Gasteiger charge is 2.37. The molecule has 0 aliphatic carbocycles. The van der Waals surface area contributed by atoms with Crippen molar-refractivity contribution in [3.8, 4) is 0 Å². The third kappa shape index (κ3) is 5.63. The van der Waals surface area contributed by atoms with Crippen LogP contribution in [0.4, 0.5) is 15.9 Å². The highest BCUT2D eigenvalue weighted by Crippen LogP contribution is 2.42. The monoisotopic (exact) mass is 591 g/mol. The molecule has 36 heavy (non-hydrogen) atoms. The van der Waals surface area contributed by atoms with Crippen LogP contribution in [0, 0.1) is 12.4 Å². The van der Waals surface area contributed by atoms with Crippen LogP contribution in [-0.2, 0) is 29.9 Å². The predicted molar refractivity (Wildman–Crippen MR) is 135 cm³/mol. The zero-order chi connectivity index (χ0) is 27.1. The average Bonchev–Trinajstić information content (AvgIpc) is 2.75. The molecule has 0 spiro atoms. The Morgan fingerprint density at radius 3 is 2.03 bits per heavy atom. The molecule has 1 atom stereocenters. The number of sulfone groups is 1. The fraction of sp³-hybridized carbons (Fsp3) is 0.143.